The van der Waals surface area contributed by atoms with Crippen molar-refractivity contribution < 1.29 is 23.0 Å². The highest BCUT2D eigenvalue weighted by Gasteiger charge is 2.35. The molecule has 1 fully saturated rings. The number of amides is 1. The number of hydrogen-bond donors (Lipinski definition) is 2. The summed E-state index contributed by atoms with van der Waals surface area (Å²) in [6.45, 7) is -2.88. The van der Waals surface area contributed by atoms with E-state index >= 15 is 0 Å². The van der Waals surface area contributed by atoms with Crippen molar-refractivity contribution >= 4 is 5.91 Å². The fraction of sp³-hybridized carbons (Fsp3) is 0.562. The SMILES string of the molecule is COc1ccc(OC(F)F)c(CNC(=O)C2(N)CCCCC2)c1. The second-order valence-corrected chi connectivity index (χ2v) is 5.75. The normalized spacial score (nSPS) is 16.9. The first-order chi connectivity index (χ1) is 10.9. The van der Waals surface area contributed by atoms with E-state index in [4.69, 9.17) is 10.5 Å². The van der Waals surface area contributed by atoms with Gasteiger partial charge >= 0.3 is 6.61 Å². The van der Waals surface area contributed by atoms with E-state index in [1.807, 2.05) is 0 Å². The maximum atomic E-state index is 12.5. The van der Waals surface area contributed by atoms with Gasteiger partial charge in [0.2, 0.25) is 5.91 Å². The predicted octanol–water partition coefficient (Wildman–Crippen LogP) is 2.57. The molecule has 0 unspecified atom stereocenters. The van der Waals surface area contributed by atoms with E-state index in [1.165, 1.54) is 19.2 Å². The molecule has 2 rings (SSSR count). The highest BCUT2D eigenvalue weighted by molar-refractivity contribution is 5.86. The Morgan fingerprint density at radius 2 is 2.04 bits per heavy atom. The Morgan fingerprint density at radius 1 is 1.35 bits per heavy atom. The number of benzene rings is 1. The Morgan fingerprint density at radius 3 is 2.65 bits per heavy atom. The molecular weight excluding hydrogens is 306 g/mol. The molecule has 3 N–H and O–H groups in total. The molecule has 5 nitrogen and oxygen atoms in total. The summed E-state index contributed by atoms with van der Waals surface area (Å²) in [5.74, 6) is 0.245. The lowest BCUT2D eigenvalue weighted by atomic mass is 9.82. The first-order valence-corrected chi connectivity index (χ1v) is 7.63. The maximum absolute atomic E-state index is 12.5. The molecule has 1 amide bonds. The molecule has 0 radical (unpaired) electrons. The molecule has 1 aliphatic rings. The molecule has 0 atom stereocenters. The van der Waals surface area contributed by atoms with Crippen LogP contribution in [0.15, 0.2) is 18.2 Å². The van der Waals surface area contributed by atoms with Gasteiger partial charge in [0.05, 0.1) is 12.6 Å². The van der Waals surface area contributed by atoms with Crippen molar-refractivity contribution in [2.45, 2.75) is 50.8 Å². The summed E-state index contributed by atoms with van der Waals surface area (Å²) in [5, 5.41) is 2.73. The highest BCUT2D eigenvalue weighted by atomic mass is 19.3. The summed E-state index contributed by atoms with van der Waals surface area (Å²) < 4.78 is 34.5. The zero-order valence-electron chi connectivity index (χ0n) is 13.1. The summed E-state index contributed by atoms with van der Waals surface area (Å²) in [4.78, 5) is 12.3. The lowest BCUT2D eigenvalue weighted by Crippen LogP contribution is -2.54. The molecule has 0 aromatic heterocycles. The number of methoxy groups -OCH3 is 1. The second kappa shape index (κ2) is 7.59. The van der Waals surface area contributed by atoms with Crippen LogP contribution in [-0.4, -0.2) is 25.2 Å². The Labute approximate surface area is 134 Å². The zero-order valence-corrected chi connectivity index (χ0v) is 13.1. The predicted molar refractivity (Wildman–Crippen MR) is 81.5 cm³/mol. The minimum atomic E-state index is -2.93. The van der Waals surface area contributed by atoms with Crippen molar-refractivity contribution in [1.29, 1.82) is 0 Å². The van der Waals surface area contributed by atoms with Crippen molar-refractivity contribution in [3.63, 3.8) is 0 Å². The molecule has 23 heavy (non-hydrogen) atoms. The van der Waals surface area contributed by atoms with Crippen molar-refractivity contribution in [1.82, 2.24) is 5.32 Å². The first-order valence-electron chi connectivity index (χ1n) is 7.63. The number of carbonyl (C=O) groups excluding carboxylic acids is 1. The van der Waals surface area contributed by atoms with Gasteiger partial charge in [-0.2, -0.15) is 8.78 Å². The molecule has 128 valence electrons. The molecule has 7 heteroatoms. The van der Waals surface area contributed by atoms with Crippen LogP contribution < -0.4 is 20.5 Å². The molecule has 1 aliphatic carbocycles. The summed E-state index contributed by atoms with van der Waals surface area (Å²) in [5.41, 5.74) is 5.69. The van der Waals surface area contributed by atoms with Gasteiger partial charge in [-0.15, -0.1) is 0 Å². The van der Waals surface area contributed by atoms with E-state index in [0.717, 1.165) is 19.3 Å². The monoisotopic (exact) mass is 328 g/mol. The Hall–Kier alpha value is -1.89. The van der Waals surface area contributed by atoms with Gasteiger partial charge < -0.3 is 20.5 Å². The number of carbonyl (C=O) groups is 1. The molecule has 0 bridgehead atoms. The highest BCUT2D eigenvalue weighted by Crippen LogP contribution is 2.28. The van der Waals surface area contributed by atoms with Crippen LogP contribution in [0.25, 0.3) is 0 Å². The number of nitrogens with two attached hydrogens (primary N) is 1. The van der Waals surface area contributed by atoms with Gasteiger partial charge in [-0.25, -0.2) is 0 Å². The molecule has 1 saturated carbocycles. The van der Waals surface area contributed by atoms with Gasteiger partial charge in [-0.3, -0.25) is 4.79 Å². The molecule has 1 aromatic carbocycles. The molecule has 0 heterocycles. The number of rotatable bonds is 6. The number of halogens is 2. The minimum absolute atomic E-state index is 0.0100. The van der Waals surface area contributed by atoms with Gasteiger partial charge in [0, 0.05) is 12.1 Å². The Bertz CT molecular complexity index is 546. The van der Waals surface area contributed by atoms with Crippen molar-refractivity contribution in [3.05, 3.63) is 23.8 Å². The number of alkyl halides is 2. The Balaban J connectivity index is 2.07. The second-order valence-electron chi connectivity index (χ2n) is 5.75. The zero-order chi connectivity index (χ0) is 16.9. The van der Waals surface area contributed by atoms with Crippen LogP contribution in [0.3, 0.4) is 0 Å². The van der Waals surface area contributed by atoms with E-state index in [0.29, 0.717) is 24.2 Å². The van der Waals surface area contributed by atoms with Crippen molar-refractivity contribution in [3.8, 4) is 11.5 Å². The maximum Gasteiger partial charge on any atom is 0.387 e. The van der Waals surface area contributed by atoms with Crippen LogP contribution in [0.1, 0.15) is 37.7 Å². The molecule has 1 aromatic rings. The van der Waals surface area contributed by atoms with Crippen molar-refractivity contribution in [2.75, 3.05) is 7.11 Å². The topological polar surface area (TPSA) is 73.6 Å². The number of hydrogen-bond acceptors (Lipinski definition) is 4. The summed E-state index contributed by atoms with van der Waals surface area (Å²) in [6, 6.07) is 4.47. The molecular formula is C16H22F2N2O3. The van der Waals surface area contributed by atoms with Crippen molar-refractivity contribution in [2.24, 2.45) is 5.73 Å². The quantitative estimate of drug-likeness (QED) is 0.842. The standard InChI is InChI=1S/C16H22F2N2O3/c1-22-12-5-6-13(23-15(17)18)11(9-12)10-20-14(21)16(19)7-3-2-4-8-16/h5-6,9,15H,2-4,7-8,10,19H2,1H3,(H,20,21). The molecule has 0 spiro atoms. The minimum Gasteiger partial charge on any atom is -0.497 e. The smallest absolute Gasteiger partial charge is 0.387 e. The molecule has 0 saturated heterocycles. The average Bonchev–Trinajstić information content (AvgIpc) is 2.53. The van der Waals surface area contributed by atoms with Crippen LogP contribution in [-0.2, 0) is 11.3 Å². The third kappa shape index (κ3) is 4.54. The Kier molecular flexibility index (Phi) is 5.76. The van der Waals surface area contributed by atoms with E-state index in [-0.39, 0.29) is 18.2 Å². The fourth-order valence-corrected chi connectivity index (χ4v) is 2.79. The van der Waals surface area contributed by atoms with Gasteiger partial charge in [0.1, 0.15) is 11.5 Å². The average molecular weight is 328 g/mol. The lowest BCUT2D eigenvalue weighted by molar-refractivity contribution is -0.127. The van der Waals surface area contributed by atoms with Gasteiger partial charge in [0.25, 0.3) is 0 Å². The van der Waals surface area contributed by atoms with Gasteiger partial charge in [-0.1, -0.05) is 19.3 Å². The van der Waals surface area contributed by atoms with Gasteiger partial charge in [0.15, 0.2) is 0 Å². The summed E-state index contributed by atoms with van der Waals surface area (Å²) in [7, 11) is 1.47. The van der Waals surface area contributed by atoms with E-state index in [1.54, 1.807) is 6.07 Å². The number of nitrogens with one attached hydrogen (secondary N) is 1. The van der Waals surface area contributed by atoms with Gasteiger partial charge in [-0.05, 0) is 31.0 Å². The largest absolute Gasteiger partial charge is 0.497 e. The van der Waals surface area contributed by atoms with Crippen LogP contribution in [0.2, 0.25) is 0 Å². The van der Waals surface area contributed by atoms with Crippen LogP contribution >= 0.6 is 0 Å². The van der Waals surface area contributed by atoms with E-state index in [9.17, 15) is 13.6 Å². The summed E-state index contributed by atoms with van der Waals surface area (Å²) in [6.07, 6.45) is 4.19. The molecule has 0 aliphatic heterocycles. The van der Waals surface area contributed by atoms with Crippen LogP contribution in [0.5, 0.6) is 11.5 Å². The van der Waals surface area contributed by atoms with Crippen LogP contribution in [0.4, 0.5) is 8.78 Å². The van der Waals surface area contributed by atoms with E-state index < -0.39 is 12.2 Å². The first kappa shape index (κ1) is 17.5. The third-order valence-electron chi connectivity index (χ3n) is 4.12. The summed E-state index contributed by atoms with van der Waals surface area (Å²) >= 11 is 0. The fourth-order valence-electron chi connectivity index (χ4n) is 2.79. The lowest BCUT2D eigenvalue weighted by Gasteiger charge is -2.31. The third-order valence-corrected chi connectivity index (χ3v) is 4.12. The van der Waals surface area contributed by atoms with E-state index in [2.05, 4.69) is 10.1 Å². The van der Waals surface area contributed by atoms with Crippen LogP contribution in [0, 0.1) is 0 Å². The number of ether oxygens (including phenoxy) is 2.